The number of rotatable bonds is 14. The second-order valence-electron chi connectivity index (χ2n) is 15.4. The fourth-order valence-electron chi connectivity index (χ4n) is 6.84. The molecule has 0 amide bonds. The van der Waals surface area contributed by atoms with E-state index in [4.69, 9.17) is 20.6 Å². The van der Waals surface area contributed by atoms with Gasteiger partial charge in [0, 0.05) is 12.4 Å². The molecule has 5 heteroatoms. The Morgan fingerprint density at radius 3 is 0.877 bits per heavy atom. The van der Waals surface area contributed by atoms with Crippen LogP contribution >= 0.6 is 0 Å². The molecule has 6 rings (SSSR count). The van der Waals surface area contributed by atoms with E-state index in [1.165, 1.54) is 22.3 Å². The molecule has 0 bridgehead atoms. The molecule has 0 aliphatic heterocycles. The molecule has 57 heavy (non-hydrogen) atoms. The first-order valence-corrected chi connectivity index (χ1v) is 20.1. The van der Waals surface area contributed by atoms with Crippen molar-refractivity contribution in [2.45, 2.75) is 91.1 Å². The summed E-state index contributed by atoms with van der Waals surface area (Å²) in [5, 5.41) is 10.2. The van der Waals surface area contributed by atoms with Gasteiger partial charge in [0.25, 0.3) is 0 Å². The smallest absolute Gasteiger partial charge is 0.679 e. The molecule has 0 saturated carbocycles. The van der Waals surface area contributed by atoms with Gasteiger partial charge in [0.1, 0.15) is 0 Å². The van der Waals surface area contributed by atoms with Crippen LogP contribution in [0.3, 0.4) is 0 Å². The summed E-state index contributed by atoms with van der Waals surface area (Å²) in [4.78, 5) is 9.68. The molecule has 4 nitrogen and oxygen atoms in total. The van der Waals surface area contributed by atoms with E-state index in [1.54, 1.807) is 0 Å². The summed E-state index contributed by atoms with van der Waals surface area (Å²) in [6.45, 7) is 17.8. The van der Waals surface area contributed by atoms with Crippen molar-refractivity contribution in [1.29, 1.82) is 0 Å². The van der Waals surface area contributed by atoms with E-state index in [0.29, 0.717) is 23.7 Å². The molecule has 6 aromatic carbocycles. The van der Waals surface area contributed by atoms with E-state index in [2.05, 4.69) is 140 Å². The Morgan fingerprint density at radius 1 is 0.351 bits per heavy atom. The number of nitrogens with zero attached hydrogens (tertiary/aromatic N) is 4. The van der Waals surface area contributed by atoms with E-state index in [0.717, 1.165) is 33.9 Å². The Labute approximate surface area is 353 Å². The monoisotopic (exact) mass is 790 g/mol. The summed E-state index contributed by atoms with van der Waals surface area (Å²) in [6.07, 6.45) is 3.71. The molecular formula is C52H58CrN4. The largest absolute Gasteiger partial charge is 2.00 e. The Kier molecular flexibility index (Phi) is 17.6. The fourth-order valence-corrected chi connectivity index (χ4v) is 6.84. The predicted molar refractivity (Wildman–Crippen MR) is 243 cm³/mol. The maximum atomic E-state index is 5.11. The van der Waals surface area contributed by atoms with Crippen LogP contribution in [0.1, 0.15) is 125 Å². The first kappa shape index (κ1) is 44.5. The number of para-hydroxylation sites is 4. The van der Waals surface area contributed by atoms with Crippen molar-refractivity contribution in [3.05, 3.63) is 202 Å². The van der Waals surface area contributed by atoms with Crippen LogP contribution in [-0.2, 0) is 17.4 Å². The van der Waals surface area contributed by atoms with Gasteiger partial charge in [-0.25, -0.2) is 0 Å². The average molecular weight is 791 g/mol. The van der Waals surface area contributed by atoms with Gasteiger partial charge in [-0.05, 0) is 45.9 Å². The van der Waals surface area contributed by atoms with Crippen LogP contribution < -0.4 is 0 Å². The van der Waals surface area contributed by atoms with Crippen LogP contribution in [-0.4, -0.2) is 12.4 Å². The Bertz CT molecular complexity index is 1900. The van der Waals surface area contributed by atoms with Gasteiger partial charge in [0.05, 0.1) is 11.4 Å². The van der Waals surface area contributed by atoms with Gasteiger partial charge < -0.3 is 10.6 Å². The second-order valence-corrected chi connectivity index (χ2v) is 15.4. The predicted octanol–water partition coefficient (Wildman–Crippen LogP) is 16.2. The second kappa shape index (κ2) is 22.5. The van der Waals surface area contributed by atoms with Crippen LogP contribution in [0.4, 0.5) is 22.7 Å². The van der Waals surface area contributed by atoms with Gasteiger partial charge >= 0.3 is 17.4 Å². The van der Waals surface area contributed by atoms with Gasteiger partial charge in [0.2, 0.25) is 0 Å². The van der Waals surface area contributed by atoms with Crippen LogP contribution in [0.5, 0.6) is 0 Å². The van der Waals surface area contributed by atoms with E-state index in [1.807, 2.05) is 85.2 Å². The molecule has 0 saturated heterocycles. The molecule has 0 radical (unpaired) electrons. The maximum absolute atomic E-state index is 5.11. The summed E-state index contributed by atoms with van der Waals surface area (Å²) in [5.41, 5.74) is 11.6. The molecule has 0 spiro atoms. The van der Waals surface area contributed by atoms with Gasteiger partial charge in [-0.15, -0.1) is 23.5 Å². The van der Waals surface area contributed by atoms with Crippen molar-refractivity contribution in [2.75, 3.05) is 0 Å². The first-order chi connectivity index (χ1) is 27.1. The topological polar surface area (TPSA) is 52.9 Å². The van der Waals surface area contributed by atoms with Crippen molar-refractivity contribution < 1.29 is 17.4 Å². The minimum atomic E-state index is -0.119. The van der Waals surface area contributed by atoms with Crippen molar-refractivity contribution in [2.24, 2.45) is 9.98 Å². The Morgan fingerprint density at radius 2 is 0.614 bits per heavy atom. The molecular weight excluding hydrogens is 733 g/mol. The Hall–Kier alpha value is -5.21. The van der Waals surface area contributed by atoms with Crippen LogP contribution in [0.2, 0.25) is 0 Å². The van der Waals surface area contributed by atoms with Crippen LogP contribution in [0.15, 0.2) is 168 Å². The average Bonchev–Trinajstić information content (AvgIpc) is 3.22. The van der Waals surface area contributed by atoms with Crippen molar-refractivity contribution in [1.82, 2.24) is 0 Å². The zero-order valence-corrected chi connectivity index (χ0v) is 36.1. The zero-order chi connectivity index (χ0) is 39.9. The summed E-state index contributed by atoms with van der Waals surface area (Å²) in [5.74, 6) is 1.77. The number of aliphatic imine (C=N–C) groups is 2. The third kappa shape index (κ3) is 12.6. The fraction of sp³-hybridized carbons (Fsp3) is 0.269. The van der Waals surface area contributed by atoms with E-state index < -0.39 is 0 Å². The number of benzene rings is 6. The molecule has 6 aromatic rings. The van der Waals surface area contributed by atoms with Crippen molar-refractivity contribution in [3.63, 3.8) is 0 Å². The van der Waals surface area contributed by atoms with Gasteiger partial charge in [-0.2, -0.15) is 0 Å². The molecule has 0 unspecified atom stereocenters. The SMILES string of the molecule is CC(C)c1cccc(C(C)C)c1N=CC=Nc1c(C(C)C)cccc1C(C)C.[Cr+2].c1ccc([N-][C@H](c2ccccc2)[C@@H]([N-]c2ccccc2)c2ccccc2)cc1. The van der Waals surface area contributed by atoms with Crippen molar-refractivity contribution >= 4 is 35.2 Å². The summed E-state index contributed by atoms with van der Waals surface area (Å²) in [7, 11) is 0. The zero-order valence-electron chi connectivity index (χ0n) is 34.8. The minimum absolute atomic E-state index is 0. The molecule has 0 aliphatic rings. The van der Waals surface area contributed by atoms with Gasteiger partial charge in [-0.1, -0.05) is 224 Å². The Balaban J connectivity index is 0.000000248. The molecule has 0 aliphatic carbocycles. The van der Waals surface area contributed by atoms with Crippen molar-refractivity contribution in [3.8, 4) is 0 Å². The minimum Gasteiger partial charge on any atom is -0.679 e. The standard InChI is InChI=1S/C26H22N2.C26H36N2.Cr/c1-5-13-21(14-6-1)25(27-23-17-9-3-10-18-23)26(22-15-7-2-8-16-22)28-24-19-11-4-12-20-24;1-17(2)21-11-9-12-22(18(3)4)25(21)27-15-16-28-26-23(19(5)6)13-10-14-24(26)20(7)8;/h1-20,25-26H;9-20H,1-8H3;/q-2;;+2/t25-,26+;;. The molecule has 0 aromatic heterocycles. The van der Waals surface area contributed by atoms with E-state index in [-0.39, 0.29) is 29.4 Å². The maximum Gasteiger partial charge on any atom is 2.00 e. The number of hydrogen-bond acceptors (Lipinski definition) is 2. The molecule has 0 fully saturated rings. The van der Waals surface area contributed by atoms with Gasteiger partial charge in [0.15, 0.2) is 0 Å². The third-order valence-corrected chi connectivity index (χ3v) is 9.83. The van der Waals surface area contributed by atoms with E-state index in [9.17, 15) is 0 Å². The molecule has 0 heterocycles. The quantitative estimate of drug-likeness (QED) is 0.0987. The number of hydrogen-bond donors (Lipinski definition) is 0. The molecule has 2 atom stereocenters. The van der Waals surface area contributed by atoms with Gasteiger partial charge in [-0.3, -0.25) is 9.98 Å². The van der Waals surface area contributed by atoms with Crippen LogP contribution in [0.25, 0.3) is 10.6 Å². The normalized spacial score (nSPS) is 12.4. The third-order valence-electron chi connectivity index (χ3n) is 9.83. The molecule has 292 valence electrons. The summed E-state index contributed by atoms with van der Waals surface area (Å²) in [6, 6.07) is 53.9. The summed E-state index contributed by atoms with van der Waals surface area (Å²) >= 11 is 0. The van der Waals surface area contributed by atoms with Crippen LogP contribution in [0, 0.1) is 0 Å². The molecule has 0 N–H and O–H groups in total. The first-order valence-electron chi connectivity index (χ1n) is 20.1. The van der Waals surface area contributed by atoms with E-state index >= 15 is 0 Å². The summed E-state index contributed by atoms with van der Waals surface area (Å²) < 4.78 is 0.